The van der Waals surface area contributed by atoms with Crippen molar-refractivity contribution in [1.29, 1.82) is 0 Å². The van der Waals surface area contributed by atoms with E-state index in [0.29, 0.717) is 0 Å². The molecule has 0 spiro atoms. The highest BCUT2D eigenvalue weighted by Crippen LogP contribution is 3.00. The Bertz CT molecular complexity index is 397. The predicted molar refractivity (Wildman–Crippen MR) is 34.9 cm³/mol. The average Bonchev–Trinajstić information content (AvgIpc) is 2.07. The van der Waals surface area contributed by atoms with Crippen molar-refractivity contribution in [3.63, 3.8) is 0 Å². The van der Waals surface area contributed by atoms with Crippen molar-refractivity contribution in [2.75, 3.05) is 0 Å². The summed E-state index contributed by atoms with van der Waals surface area (Å²) < 4.78 is 106. The molecular weight excluding hydrogens is 297 g/mol. The highest BCUT2D eigenvalue weighted by atomic mass is 32.5. The third-order valence-electron chi connectivity index (χ3n) is 1.65. The standard InChI is InChI=1S/C4F9NO2S/c5-3(6)1(15)14(2(16)4(3,7)8)17(9,10,11,12)13. The van der Waals surface area contributed by atoms with Crippen LogP contribution < -0.4 is 0 Å². The van der Waals surface area contributed by atoms with E-state index in [1.54, 1.807) is 0 Å². The summed E-state index contributed by atoms with van der Waals surface area (Å²) in [6.07, 6.45) is 0. The second kappa shape index (κ2) is 2.35. The maximum absolute atomic E-state index is 12.3. The van der Waals surface area contributed by atoms with Crippen molar-refractivity contribution in [2.45, 2.75) is 11.8 Å². The fraction of sp³-hybridized carbons (Fsp3) is 0.500. The first-order valence-corrected chi connectivity index (χ1v) is 5.22. The number of amides is 2. The van der Waals surface area contributed by atoms with Crippen molar-refractivity contribution >= 4 is 22.2 Å². The van der Waals surface area contributed by atoms with Gasteiger partial charge in [0, 0.05) is 0 Å². The van der Waals surface area contributed by atoms with E-state index in [4.69, 9.17) is 0 Å². The van der Waals surface area contributed by atoms with Gasteiger partial charge in [0.25, 0.3) is 0 Å². The molecule has 1 aliphatic heterocycles. The summed E-state index contributed by atoms with van der Waals surface area (Å²) in [5.41, 5.74) is 0. The van der Waals surface area contributed by atoms with Gasteiger partial charge >= 0.3 is 34.1 Å². The summed E-state index contributed by atoms with van der Waals surface area (Å²) in [6.45, 7) is 0. The van der Waals surface area contributed by atoms with Crippen LogP contribution in [0, 0.1) is 0 Å². The third-order valence-corrected chi connectivity index (χ3v) is 2.67. The molecule has 0 radical (unpaired) electrons. The molecule has 0 N–H and O–H groups in total. The molecule has 0 saturated carbocycles. The number of hydrogen-bond donors (Lipinski definition) is 0. The van der Waals surface area contributed by atoms with Crippen LogP contribution >= 0.6 is 10.4 Å². The topological polar surface area (TPSA) is 37.4 Å². The summed E-state index contributed by atoms with van der Waals surface area (Å²) in [6, 6.07) is 0. The molecule has 0 aliphatic carbocycles. The highest BCUT2D eigenvalue weighted by molar-refractivity contribution is 8.44. The maximum Gasteiger partial charge on any atom is 0.397 e. The van der Waals surface area contributed by atoms with Crippen LogP contribution in [0.2, 0.25) is 0 Å². The van der Waals surface area contributed by atoms with Gasteiger partial charge in [-0.1, -0.05) is 19.4 Å². The highest BCUT2D eigenvalue weighted by Gasteiger charge is 2.87. The normalized spacial score (nSPS) is 27.9. The molecule has 0 aromatic heterocycles. The minimum atomic E-state index is -11.3. The van der Waals surface area contributed by atoms with E-state index >= 15 is 0 Å². The Hall–Kier alpha value is -1.14. The lowest BCUT2D eigenvalue weighted by Gasteiger charge is -2.45. The smallest absolute Gasteiger partial charge is 0.266 e. The van der Waals surface area contributed by atoms with Gasteiger partial charge in [-0.25, -0.2) is 0 Å². The summed E-state index contributed by atoms with van der Waals surface area (Å²) >= 11 is 0. The number of rotatable bonds is 1. The van der Waals surface area contributed by atoms with Crippen molar-refractivity contribution in [3.05, 3.63) is 0 Å². The van der Waals surface area contributed by atoms with Crippen LogP contribution in [0.4, 0.5) is 37.0 Å². The zero-order valence-corrected chi connectivity index (χ0v) is 7.89. The molecule has 102 valence electrons. The molecule has 13 heteroatoms. The molecular formula is C4F9NO2S. The van der Waals surface area contributed by atoms with Crippen LogP contribution in [0.3, 0.4) is 0 Å². The quantitative estimate of drug-likeness (QED) is 0.551. The van der Waals surface area contributed by atoms with Gasteiger partial charge in [0.05, 0.1) is 0 Å². The Labute approximate surface area is 86.0 Å². The lowest BCUT2D eigenvalue weighted by molar-refractivity contribution is -0.192. The summed E-state index contributed by atoms with van der Waals surface area (Å²) in [7, 11) is -11.3. The molecule has 1 fully saturated rings. The Morgan fingerprint density at radius 2 is 1.00 bits per heavy atom. The number of carbonyl (C=O) groups is 2. The molecule has 1 rings (SSSR count). The second-order valence-electron chi connectivity index (χ2n) is 2.98. The Kier molecular flexibility index (Phi) is 1.92. The number of halogens is 9. The van der Waals surface area contributed by atoms with Crippen LogP contribution in [0.15, 0.2) is 0 Å². The Morgan fingerprint density at radius 1 is 0.765 bits per heavy atom. The van der Waals surface area contributed by atoms with Gasteiger partial charge in [-0.2, -0.15) is 17.6 Å². The van der Waals surface area contributed by atoms with E-state index in [-0.39, 0.29) is 0 Å². The maximum atomic E-state index is 12.3. The fourth-order valence-electron chi connectivity index (χ4n) is 0.929. The molecule has 1 saturated heterocycles. The second-order valence-corrected chi connectivity index (χ2v) is 5.20. The van der Waals surface area contributed by atoms with E-state index in [9.17, 15) is 46.6 Å². The van der Waals surface area contributed by atoms with Crippen LogP contribution in [0.1, 0.15) is 0 Å². The first kappa shape index (κ1) is 13.9. The minimum Gasteiger partial charge on any atom is -0.266 e. The zero-order chi connectivity index (χ0) is 14.1. The Balaban J connectivity index is 3.56. The van der Waals surface area contributed by atoms with Gasteiger partial charge in [0.15, 0.2) is 0 Å². The summed E-state index contributed by atoms with van der Waals surface area (Å²) in [5, 5.41) is 0. The summed E-state index contributed by atoms with van der Waals surface area (Å²) in [4.78, 5) is 20.4. The molecule has 0 unspecified atom stereocenters. The average molecular weight is 297 g/mol. The zero-order valence-electron chi connectivity index (χ0n) is 7.07. The van der Waals surface area contributed by atoms with E-state index in [2.05, 4.69) is 0 Å². The molecule has 0 aromatic carbocycles. The first-order chi connectivity index (χ1) is 6.93. The largest absolute Gasteiger partial charge is 0.397 e. The van der Waals surface area contributed by atoms with Crippen LogP contribution in [-0.4, -0.2) is 28.0 Å². The van der Waals surface area contributed by atoms with Gasteiger partial charge in [-0.3, -0.25) is 9.59 Å². The fourth-order valence-corrected chi connectivity index (χ4v) is 1.79. The van der Waals surface area contributed by atoms with Gasteiger partial charge in [0.2, 0.25) is 0 Å². The number of nitrogens with zero attached hydrogens (tertiary/aromatic N) is 1. The lowest BCUT2D eigenvalue weighted by Crippen LogP contribution is -2.43. The lowest BCUT2D eigenvalue weighted by atomic mass is 10.2. The molecule has 1 aliphatic rings. The SMILES string of the molecule is O=C1N(S(F)(F)(F)(F)F)C(=O)C(F)(F)C1(F)F. The van der Waals surface area contributed by atoms with Crippen molar-refractivity contribution in [2.24, 2.45) is 0 Å². The van der Waals surface area contributed by atoms with E-state index in [0.717, 1.165) is 0 Å². The Morgan fingerprint density at radius 3 is 1.12 bits per heavy atom. The predicted octanol–water partition coefficient (Wildman–Crippen LogP) is 2.84. The number of imide groups is 1. The molecule has 0 aromatic rings. The van der Waals surface area contributed by atoms with Crippen molar-refractivity contribution in [1.82, 2.24) is 4.31 Å². The van der Waals surface area contributed by atoms with Crippen LogP contribution in [0.5, 0.6) is 0 Å². The number of hydrogen-bond acceptors (Lipinski definition) is 2. The molecule has 0 bridgehead atoms. The van der Waals surface area contributed by atoms with Crippen molar-refractivity contribution < 1.29 is 46.6 Å². The molecule has 2 amide bonds. The van der Waals surface area contributed by atoms with Gasteiger partial charge in [-0.05, 0) is 0 Å². The number of carbonyl (C=O) groups excluding carboxylic acids is 2. The van der Waals surface area contributed by atoms with Gasteiger partial charge < -0.3 is 0 Å². The first-order valence-electron chi connectivity index (χ1n) is 3.32. The number of alkyl halides is 4. The molecule has 3 nitrogen and oxygen atoms in total. The van der Waals surface area contributed by atoms with Gasteiger partial charge in [0.1, 0.15) is 0 Å². The third kappa shape index (κ3) is 1.71. The molecule has 0 atom stereocenters. The van der Waals surface area contributed by atoms with Crippen LogP contribution in [-0.2, 0) is 9.59 Å². The van der Waals surface area contributed by atoms with E-state index in [1.165, 1.54) is 0 Å². The van der Waals surface area contributed by atoms with E-state index in [1.807, 2.05) is 0 Å². The monoisotopic (exact) mass is 297 g/mol. The van der Waals surface area contributed by atoms with Crippen molar-refractivity contribution in [3.8, 4) is 0 Å². The van der Waals surface area contributed by atoms with Gasteiger partial charge in [-0.15, -0.1) is 4.31 Å². The molecule has 17 heavy (non-hydrogen) atoms. The van der Waals surface area contributed by atoms with Crippen LogP contribution in [0.25, 0.3) is 0 Å². The van der Waals surface area contributed by atoms with E-state index < -0.39 is 38.4 Å². The minimum absolute atomic E-state index is 3.26. The summed E-state index contributed by atoms with van der Waals surface area (Å²) in [5.74, 6) is -20.3. The molecule has 1 heterocycles.